The fourth-order valence-electron chi connectivity index (χ4n) is 2.52. The summed E-state index contributed by atoms with van der Waals surface area (Å²) in [5, 5.41) is 9.20. The molecule has 0 spiro atoms. The Morgan fingerprint density at radius 2 is 1.69 bits per heavy atom. The first-order valence-corrected chi connectivity index (χ1v) is 5.22. The molecule has 1 fully saturated rings. The largest absolute Gasteiger partial charge is 0.386 e. The van der Waals surface area contributed by atoms with Crippen LogP contribution in [0.15, 0.2) is 0 Å². The van der Waals surface area contributed by atoms with Gasteiger partial charge in [-0.15, -0.1) is 0 Å². The molecule has 13 heavy (non-hydrogen) atoms. The molecule has 76 valence electrons. The Kier molecular flexibility index (Phi) is 3.48. The van der Waals surface area contributed by atoms with Crippen LogP contribution in [-0.4, -0.2) is 17.0 Å². The molecule has 1 aliphatic carbocycles. The van der Waals surface area contributed by atoms with E-state index in [9.17, 15) is 9.90 Å². The first-order chi connectivity index (χ1) is 6.00. The van der Waals surface area contributed by atoms with Crippen LogP contribution >= 0.6 is 0 Å². The van der Waals surface area contributed by atoms with Crippen LogP contribution in [0.2, 0.25) is 0 Å². The maximum atomic E-state index is 11.5. The third-order valence-corrected chi connectivity index (χ3v) is 2.99. The smallest absolute Gasteiger partial charge is 0.164 e. The molecule has 0 heterocycles. The van der Waals surface area contributed by atoms with E-state index in [0.29, 0.717) is 11.8 Å². The van der Waals surface area contributed by atoms with Crippen molar-refractivity contribution < 1.29 is 9.90 Å². The minimum absolute atomic E-state index is 0.0402. The summed E-state index contributed by atoms with van der Waals surface area (Å²) in [6, 6.07) is 0. The van der Waals surface area contributed by atoms with Crippen molar-refractivity contribution in [1.29, 1.82) is 0 Å². The maximum Gasteiger partial charge on any atom is 0.164 e. The Hall–Kier alpha value is -0.370. The number of hydrogen-bond acceptors (Lipinski definition) is 2. The Bertz CT molecular complexity index is 177. The highest BCUT2D eigenvalue weighted by Gasteiger charge is 2.30. The maximum absolute atomic E-state index is 11.5. The molecule has 1 aliphatic rings. The lowest BCUT2D eigenvalue weighted by Crippen LogP contribution is -2.31. The van der Waals surface area contributed by atoms with Gasteiger partial charge in [0.2, 0.25) is 0 Å². The van der Waals surface area contributed by atoms with Crippen molar-refractivity contribution in [1.82, 2.24) is 0 Å². The van der Waals surface area contributed by atoms with Gasteiger partial charge in [-0.25, -0.2) is 0 Å². The molecule has 0 saturated heterocycles. The second-order valence-corrected chi connectivity index (χ2v) is 4.69. The van der Waals surface area contributed by atoms with Gasteiger partial charge >= 0.3 is 0 Å². The number of ketones is 1. The number of Topliss-reactive ketones (excluding diaryl/α,β-unsaturated/α-hetero) is 1. The first kappa shape index (κ1) is 10.7. The van der Waals surface area contributed by atoms with Crippen molar-refractivity contribution in [2.45, 2.75) is 46.1 Å². The molecule has 3 atom stereocenters. The number of aliphatic hydroxyl groups is 1. The van der Waals surface area contributed by atoms with Gasteiger partial charge in [0.15, 0.2) is 5.78 Å². The number of aliphatic hydroxyl groups excluding tert-OH is 1. The summed E-state index contributed by atoms with van der Waals surface area (Å²) in [5.41, 5.74) is 0. The third-order valence-electron chi connectivity index (χ3n) is 2.99. The van der Waals surface area contributed by atoms with E-state index in [-0.39, 0.29) is 11.7 Å². The Labute approximate surface area is 80.3 Å². The molecule has 2 heteroatoms. The molecule has 1 saturated carbocycles. The molecule has 1 rings (SSSR count). The van der Waals surface area contributed by atoms with Crippen molar-refractivity contribution in [2.24, 2.45) is 17.8 Å². The van der Waals surface area contributed by atoms with Crippen LogP contribution in [0.5, 0.6) is 0 Å². The van der Waals surface area contributed by atoms with Gasteiger partial charge in [0.25, 0.3) is 0 Å². The zero-order valence-electron chi connectivity index (χ0n) is 8.79. The molecular formula is C11H20O2. The topological polar surface area (TPSA) is 37.3 Å². The average molecular weight is 184 g/mol. The van der Waals surface area contributed by atoms with Gasteiger partial charge in [-0.1, -0.05) is 13.8 Å². The fourth-order valence-corrected chi connectivity index (χ4v) is 2.52. The molecule has 0 aromatic heterocycles. The van der Waals surface area contributed by atoms with Gasteiger partial charge in [-0.05, 0) is 38.0 Å². The van der Waals surface area contributed by atoms with Crippen molar-refractivity contribution in [3.8, 4) is 0 Å². The van der Waals surface area contributed by atoms with Gasteiger partial charge in [-0.2, -0.15) is 0 Å². The summed E-state index contributed by atoms with van der Waals surface area (Å²) in [6.07, 6.45) is 2.38. The summed E-state index contributed by atoms with van der Waals surface area (Å²) in [6.45, 7) is 5.96. The molecule has 0 bridgehead atoms. The summed E-state index contributed by atoms with van der Waals surface area (Å²) >= 11 is 0. The SMILES string of the molecule is CC1CC(C)CC(C(=O)C(C)O)C1. The van der Waals surface area contributed by atoms with E-state index in [1.807, 2.05) is 0 Å². The highest BCUT2D eigenvalue weighted by atomic mass is 16.3. The van der Waals surface area contributed by atoms with Crippen LogP contribution in [0.25, 0.3) is 0 Å². The van der Waals surface area contributed by atoms with E-state index in [2.05, 4.69) is 13.8 Å². The minimum Gasteiger partial charge on any atom is -0.386 e. The number of hydrogen-bond donors (Lipinski definition) is 1. The molecular weight excluding hydrogens is 164 g/mol. The Morgan fingerprint density at radius 3 is 2.08 bits per heavy atom. The Morgan fingerprint density at radius 1 is 1.23 bits per heavy atom. The van der Waals surface area contributed by atoms with Crippen LogP contribution in [0.4, 0.5) is 0 Å². The summed E-state index contributed by atoms with van der Waals surface area (Å²) < 4.78 is 0. The van der Waals surface area contributed by atoms with E-state index >= 15 is 0 Å². The lowest BCUT2D eigenvalue weighted by Gasteiger charge is -2.31. The second-order valence-electron chi connectivity index (χ2n) is 4.69. The number of carbonyl (C=O) groups is 1. The van der Waals surface area contributed by atoms with Gasteiger partial charge in [0.05, 0.1) is 0 Å². The third kappa shape index (κ3) is 2.80. The van der Waals surface area contributed by atoms with Crippen molar-refractivity contribution in [2.75, 3.05) is 0 Å². The van der Waals surface area contributed by atoms with E-state index in [0.717, 1.165) is 12.8 Å². The summed E-state index contributed by atoms with van der Waals surface area (Å²) in [4.78, 5) is 11.5. The zero-order chi connectivity index (χ0) is 10.0. The van der Waals surface area contributed by atoms with Crippen LogP contribution in [-0.2, 0) is 4.79 Å². The van der Waals surface area contributed by atoms with E-state index in [1.54, 1.807) is 6.92 Å². The lowest BCUT2D eigenvalue weighted by molar-refractivity contribution is -0.132. The van der Waals surface area contributed by atoms with E-state index in [4.69, 9.17) is 0 Å². The van der Waals surface area contributed by atoms with Crippen LogP contribution < -0.4 is 0 Å². The van der Waals surface area contributed by atoms with E-state index < -0.39 is 6.10 Å². The molecule has 1 N–H and O–H groups in total. The van der Waals surface area contributed by atoms with E-state index in [1.165, 1.54) is 6.42 Å². The van der Waals surface area contributed by atoms with Gasteiger partial charge in [-0.3, -0.25) is 4.79 Å². The predicted molar refractivity (Wildman–Crippen MR) is 52.4 cm³/mol. The molecule has 0 aromatic rings. The van der Waals surface area contributed by atoms with Crippen molar-refractivity contribution in [3.05, 3.63) is 0 Å². The summed E-state index contributed by atoms with van der Waals surface area (Å²) in [7, 11) is 0. The minimum atomic E-state index is -0.775. The number of rotatable bonds is 2. The lowest BCUT2D eigenvalue weighted by atomic mass is 9.74. The monoisotopic (exact) mass is 184 g/mol. The molecule has 0 amide bonds. The zero-order valence-corrected chi connectivity index (χ0v) is 8.79. The average Bonchev–Trinajstić information content (AvgIpc) is 2.01. The number of carbonyl (C=O) groups excluding carboxylic acids is 1. The van der Waals surface area contributed by atoms with Gasteiger partial charge in [0.1, 0.15) is 6.10 Å². The highest BCUT2D eigenvalue weighted by Crippen LogP contribution is 2.33. The predicted octanol–water partition coefficient (Wildman–Crippen LogP) is 2.01. The fraction of sp³-hybridized carbons (Fsp3) is 0.909. The van der Waals surface area contributed by atoms with Crippen LogP contribution in [0.3, 0.4) is 0 Å². The summed E-state index contributed by atoms with van der Waals surface area (Å²) in [5.74, 6) is 1.42. The molecule has 2 nitrogen and oxygen atoms in total. The van der Waals surface area contributed by atoms with Gasteiger partial charge in [0, 0.05) is 5.92 Å². The molecule has 3 unspecified atom stereocenters. The molecule has 0 aromatic carbocycles. The van der Waals surface area contributed by atoms with Crippen LogP contribution in [0.1, 0.15) is 40.0 Å². The molecule has 0 aliphatic heterocycles. The normalized spacial score (nSPS) is 37.1. The van der Waals surface area contributed by atoms with Crippen LogP contribution in [0, 0.1) is 17.8 Å². The first-order valence-electron chi connectivity index (χ1n) is 5.22. The Balaban J connectivity index is 2.55. The highest BCUT2D eigenvalue weighted by molar-refractivity contribution is 5.84. The standard InChI is InChI=1S/C11H20O2/c1-7-4-8(2)6-10(5-7)11(13)9(3)12/h7-10,12H,4-6H2,1-3H3. The second kappa shape index (κ2) is 4.23. The van der Waals surface area contributed by atoms with Crippen molar-refractivity contribution >= 4 is 5.78 Å². The quantitative estimate of drug-likeness (QED) is 0.712. The van der Waals surface area contributed by atoms with Crippen molar-refractivity contribution in [3.63, 3.8) is 0 Å². The van der Waals surface area contributed by atoms with Gasteiger partial charge < -0.3 is 5.11 Å². The molecule has 0 radical (unpaired) electrons.